The van der Waals surface area contributed by atoms with Crippen molar-refractivity contribution in [1.29, 1.82) is 0 Å². The van der Waals surface area contributed by atoms with Crippen molar-refractivity contribution >= 4 is 11.6 Å². The lowest BCUT2D eigenvalue weighted by atomic mass is 10.2. The Morgan fingerprint density at radius 3 is 2.55 bits per heavy atom. The van der Waals surface area contributed by atoms with Gasteiger partial charge in [-0.1, -0.05) is 0 Å². The summed E-state index contributed by atoms with van der Waals surface area (Å²) in [7, 11) is 5.60. The molecular formula is C14H27N5O. The van der Waals surface area contributed by atoms with Gasteiger partial charge in [-0.25, -0.2) is 9.97 Å². The Hall–Kier alpha value is -1.56. The number of nitrogens with one attached hydrogen (secondary N) is 2. The quantitative estimate of drug-likeness (QED) is 0.676. The average molecular weight is 281 g/mol. The predicted octanol–water partition coefficient (Wildman–Crippen LogP) is 2.06. The maximum atomic E-state index is 5.34. The van der Waals surface area contributed by atoms with E-state index in [1.165, 1.54) is 6.33 Å². The number of ether oxygens (including phenoxy) is 1. The monoisotopic (exact) mass is 281 g/mol. The standard InChI is InChI=1S/C14H27N5O/c1-11(2)19(4)9-7-6-8-16-14-12(20-5)13(15-3)17-10-18-14/h10-11H,6-9H2,1-5H3,(H2,15,16,17,18). The number of hydrogen-bond acceptors (Lipinski definition) is 6. The van der Waals surface area contributed by atoms with Crippen LogP contribution in [0.2, 0.25) is 0 Å². The highest BCUT2D eigenvalue weighted by atomic mass is 16.5. The highest BCUT2D eigenvalue weighted by Gasteiger charge is 2.10. The van der Waals surface area contributed by atoms with Crippen LogP contribution < -0.4 is 15.4 Å². The number of unbranched alkanes of at least 4 members (excludes halogenated alkanes) is 1. The fourth-order valence-corrected chi connectivity index (χ4v) is 1.82. The van der Waals surface area contributed by atoms with E-state index in [9.17, 15) is 0 Å². The van der Waals surface area contributed by atoms with Crippen LogP contribution in [0, 0.1) is 0 Å². The minimum absolute atomic E-state index is 0.600. The van der Waals surface area contributed by atoms with Gasteiger partial charge in [0.2, 0.25) is 5.75 Å². The molecule has 1 rings (SSSR count). The molecule has 0 saturated carbocycles. The molecule has 0 aliphatic carbocycles. The summed E-state index contributed by atoms with van der Waals surface area (Å²) in [5.74, 6) is 2.10. The van der Waals surface area contributed by atoms with Gasteiger partial charge in [-0.05, 0) is 40.3 Å². The zero-order chi connectivity index (χ0) is 15.0. The van der Waals surface area contributed by atoms with Crippen LogP contribution in [-0.2, 0) is 0 Å². The lowest BCUT2D eigenvalue weighted by Crippen LogP contribution is -2.27. The summed E-state index contributed by atoms with van der Waals surface area (Å²) < 4.78 is 5.34. The third kappa shape index (κ3) is 4.85. The van der Waals surface area contributed by atoms with Crippen molar-refractivity contribution in [1.82, 2.24) is 14.9 Å². The molecule has 1 heterocycles. The minimum Gasteiger partial charge on any atom is -0.490 e. The van der Waals surface area contributed by atoms with E-state index in [1.807, 2.05) is 7.05 Å². The van der Waals surface area contributed by atoms with Crippen LogP contribution in [0.4, 0.5) is 11.6 Å². The smallest absolute Gasteiger partial charge is 0.204 e. The molecule has 0 radical (unpaired) electrons. The Balaban J connectivity index is 2.39. The summed E-state index contributed by atoms with van der Waals surface area (Å²) in [5.41, 5.74) is 0. The van der Waals surface area contributed by atoms with Gasteiger partial charge in [-0.3, -0.25) is 0 Å². The number of nitrogens with zero attached hydrogens (tertiary/aromatic N) is 3. The Morgan fingerprint density at radius 1 is 1.25 bits per heavy atom. The van der Waals surface area contributed by atoms with Crippen LogP contribution in [0.25, 0.3) is 0 Å². The van der Waals surface area contributed by atoms with Gasteiger partial charge in [0.25, 0.3) is 0 Å². The molecule has 20 heavy (non-hydrogen) atoms. The molecule has 2 N–H and O–H groups in total. The first-order chi connectivity index (χ1) is 9.60. The average Bonchev–Trinajstić information content (AvgIpc) is 2.45. The van der Waals surface area contributed by atoms with Crippen LogP contribution in [0.15, 0.2) is 6.33 Å². The maximum Gasteiger partial charge on any atom is 0.204 e. The first-order valence-corrected chi connectivity index (χ1v) is 7.11. The normalized spacial score (nSPS) is 10.9. The second-order valence-corrected chi connectivity index (χ2v) is 5.06. The molecule has 0 bridgehead atoms. The summed E-state index contributed by atoms with van der Waals surface area (Å²) in [4.78, 5) is 10.7. The predicted molar refractivity (Wildman–Crippen MR) is 83.6 cm³/mol. The number of methoxy groups -OCH3 is 1. The fraction of sp³-hybridized carbons (Fsp3) is 0.714. The van der Waals surface area contributed by atoms with Gasteiger partial charge in [0.1, 0.15) is 6.33 Å². The molecule has 6 nitrogen and oxygen atoms in total. The van der Waals surface area contributed by atoms with Crippen LogP contribution in [0.1, 0.15) is 26.7 Å². The van der Waals surface area contributed by atoms with Crippen molar-refractivity contribution in [2.45, 2.75) is 32.7 Å². The van der Waals surface area contributed by atoms with Crippen LogP contribution in [0.5, 0.6) is 5.75 Å². The van der Waals surface area contributed by atoms with Crippen molar-refractivity contribution in [3.05, 3.63) is 6.33 Å². The van der Waals surface area contributed by atoms with Gasteiger partial charge in [0, 0.05) is 19.6 Å². The van der Waals surface area contributed by atoms with E-state index < -0.39 is 0 Å². The molecule has 1 aromatic rings. The lowest BCUT2D eigenvalue weighted by Gasteiger charge is -2.20. The Morgan fingerprint density at radius 2 is 1.95 bits per heavy atom. The molecule has 0 atom stereocenters. The van der Waals surface area contributed by atoms with Gasteiger partial charge in [-0.15, -0.1) is 0 Å². The summed E-state index contributed by atoms with van der Waals surface area (Å²) in [6.45, 7) is 6.41. The van der Waals surface area contributed by atoms with E-state index in [0.717, 1.165) is 31.7 Å². The van der Waals surface area contributed by atoms with Gasteiger partial charge < -0.3 is 20.3 Å². The summed E-state index contributed by atoms with van der Waals surface area (Å²) >= 11 is 0. The van der Waals surface area contributed by atoms with E-state index in [0.29, 0.717) is 17.6 Å². The molecular weight excluding hydrogens is 254 g/mol. The third-order valence-electron chi connectivity index (χ3n) is 3.36. The molecule has 0 aliphatic heterocycles. The second-order valence-electron chi connectivity index (χ2n) is 5.06. The number of hydrogen-bond donors (Lipinski definition) is 2. The fourth-order valence-electron chi connectivity index (χ4n) is 1.82. The largest absolute Gasteiger partial charge is 0.490 e. The van der Waals surface area contributed by atoms with Gasteiger partial charge >= 0.3 is 0 Å². The van der Waals surface area contributed by atoms with E-state index in [1.54, 1.807) is 7.11 Å². The summed E-state index contributed by atoms with van der Waals surface area (Å²) in [6, 6.07) is 0.600. The Kier molecular flexibility index (Phi) is 7.08. The topological polar surface area (TPSA) is 62.3 Å². The molecule has 114 valence electrons. The van der Waals surface area contributed by atoms with E-state index in [2.05, 4.69) is 46.4 Å². The minimum atomic E-state index is 0.600. The van der Waals surface area contributed by atoms with Crippen molar-refractivity contribution in [2.24, 2.45) is 0 Å². The number of aromatic nitrogens is 2. The van der Waals surface area contributed by atoms with Crippen molar-refractivity contribution in [3.63, 3.8) is 0 Å². The molecule has 0 amide bonds. The highest BCUT2D eigenvalue weighted by molar-refractivity contribution is 5.63. The van der Waals surface area contributed by atoms with E-state index >= 15 is 0 Å². The van der Waals surface area contributed by atoms with Crippen LogP contribution in [-0.4, -0.2) is 55.2 Å². The summed E-state index contributed by atoms with van der Waals surface area (Å²) in [5, 5.41) is 6.30. The maximum absolute atomic E-state index is 5.34. The zero-order valence-corrected chi connectivity index (χ0v) is 13.2. The van der Waals surface area contributed by atoms with E-state index in [4.69, 9.17) is 4.74 Å². The number of rotatable bonds is 9. The van der Waals surface area contributed by atoms with E-state index in [-0.39, 0.29) is 0 Å². The molecule has 6 heteroatoms. The zero-order valence-electron chi connectivity index (χ0n) is 13.2. The molecule has 0 fully saturated rings. The SMILES string of the molecule is CNc1ncnc(NCCCCN(C)C(C)C)c1OC. The lowest BCUT2D eigenvalue weighted by molar-refractivity contribution is 0.269. The Labute approximate surface area is 121 Å². The number of anilines is 2. The van der Waals surface area contributed by atoms with Crippen LogP contribution in [0.3, 0.4) is 0 Å². The Bertz CT molecular complexity index is 397. The second kappa shape index (κ2) is 8.58. The van der Waals surface area contributed by atoms with Gasteiger partial charge in [-0.2, -0.15) is 0 Å². The first kappa shape index (κ1) is 16.5. The van der Waals surface area contributed by atoms with Crippen molar-refractivity contribution in [3.8, 4) is 5.75 Å². The van der Waals surface area contributed by atoms with Gasteiger partial charge in [0.05, 0.1) is 7.11 Å². The van der Waals surface area contributed by atoms with Crippen molar-refractivity contribution < 1.29 is 4.74 Å². The summed E-state index contributed by atoms with van der Waals surface area (Å²) in [6.07, 6.45) is 3.79. The highest BCUT2D eigenvalue weighted by Crippen LogP contribution is 2.28. The molecule has 0 aromatic carbocycles. The molecule has 0 spiro atoms. The van der Waals surface area contributed by atoms with Crippen LogP contribution >= 0.6 is 0 Å². The molecule has 1 aromatic heterocycles. The molecule has 0 saturated heterocycles. The van der Waals surface area contributed by atoms with Gasteiger partial charge in [0.15, 0.2) is 11.6 Å². The third-order valence-corrected chi connectivity index (χ3v) is 3.36. The molecule has 0 aliphatic rings. The molecule has 0 unspecified atom stereocenters. The first-order valence-electron chi connectivity index (χ1n) is 7.11. The van der Waals surface area contributed by atoms with Crippen molar-refractivity contribution in [2.75, 3.05) is 44.9 Å².